The minimum Gasteiger partial charge on any atom is -0.404 e. The van der Waals surface area contributed by atoms with Crippen molar-refractivity contribution in [2.24, 2.45) is 10.7 Å². The van der Waals surface area contributed by atoms with E-state index in [0.29, 0.717) is 17.3 Å². The van der Waals surface area contributed by atoms with E-state index in [1.54, 1.807) is 6.07 Å². The first-order chi connectivity index (χ1) is 12.9. The SMILES string of the molecule is N/C=C(\C=Nc1cc(F)cc(C(F)F)c1)CC(=O)Nc1cc(C2CC2)[nH]n1. The van der Waals surface area contributed by atoms with Gasteiger partial charge >= 0.3 is 0 Å². The zero-order valence-corrected chi connectivity index (χ0v) is 14.3. The standard InChI is InChI=1S/C18H18F3N5O/c19-13-4-12(18(20)21)5-14(6-13)23-9-10(8-22)3-17(27)24-16-7-15(25-26-16)11-1-2-11/h4-9,11,18H,1-3,22H2,(H2,24,25,26,27)/b10-8-,23-9?. The van der Waals surface area contributed by atoms with Crippen molar-refractivity contribution in [1.82, 2.24) is 10.2 Å². The van der Waals surface area contributed by atoms with Gasteiger partial charge in [-0.15, -0.1) is 0 Å². The number of aliphatic imine (C=N–C) groups is 1. The molecule has 1 amide bonds. The van der Waals surface area contributed by atoms with Crippen LogP contribution in [0.5, 0.6) is 0 Å². The first-order valence-electron chi connectivity index (χ1n) is 8.33. The summed E-state index contributed by atoms with van der Waals surface area (Å²) in [6.45, 7) is 0. The minimum absolute atomic E-state index is 0.00596. The molecule has 1 saturated carbocycles. The Morgan fingerprint density at radius 2 is 2.15 bits per heavy atom. The van der Waals surface area contributed by atoms with Crippen molar-refractivity contribution in [3.05, 3.63) is 53.1 Å². The molecule has 0 bridgehead atoms. The van der Waals surface area contributed by atoms with Gasteiger partial charge in [-0.25, -0.2) is 13.2 Å². The molecule has 6 nitrogen and oxygen atoms in total. The van der Waals surface area contributed by atoms with Crippen molar-refractivity contribution in [2.45, 2.75) is 31.6 Å². The van der Waals surface area contributed by atoms with Gasteiger partial charge in [0.2, 0.25) is 5.91 Å². The van der Waals surface area contributed by atoms with Gasteiger partial charge in [0, 0.05) is 29.5 Å². The molecule has 0 aliphatic heterocycles. The fourth-order valence-electron chi connectivity index (χ4n) is 2.48. The van der Waals surface area contributed by atoms with E-state index in [9.17, 15) is 18.0 Å². The summed E-state index contributed by atoms with van der Waals surface area (Å²) in [7, 11) is 0. The van der Waals surface area contributed by atoms with Gasteiger partial charge in [0.15, 0.2) is 5.82 Å². The fourth-order valence-corrected chi connectivity index (χ4v) is 2.48. The highest BCUT2D eigenvalue weighted by Gasteiger charge is 2.25. The van der Waals surface area contributed by atoms with Gasteiger partial charge in [0.1, 0.15) is 5.82 Å². The molecule has 1 aliphatic carbocycles. The molecule has 0 atom stereocenters. The number of hydrogen-bond acceptors (Lipinski definition) is 4. The smallest absolute Gasteiger partial charge is 0.264 e. The third-order valence-electron chi connectivity index (χ3n) is 4.00. The maximum Gasteiger partial charge on any atom is 0.264 e. The van der Waals surface area contributed by atoms with Crippen molar-refractivity contribution >= 4 is 23.6 Å². The van der Waals surface area contributed by atoms with Crippen LogP contribution in [0.3, 0.4) is 0 Å². The number of anilines is 1. The number of H-pyrrole nitrogens is 1. The molecule has 1 heterocycles. The van der Waals surface area contributed by atoms with Crippen molar-refractivity contribution < 1.29 is 18.0 Å². The molecule has 1 aliphatic rings. The predicted octanol–water partition coefficient (Wildman–Crippen LogP) is 3.94. The highest BCUT2D eigenvalue weighted by molar-refractivity contribution is 5.97. The Labute approximate surface area is 153 Å². The van der Waals surface area contributed by atoms with Crippen LogP contribution in [0.4, 0.5) is 24.7 Å². The number of hydrogen-bond donors (Lipinski definition) is 3. The van der Waals surface area contributed by atoms with Crippen LogP contribution in [-0.4, -0.2) is 22.3 Å². The summed E-state index contributed by atoms with van der Waals surface area (Å²) in [6.07, 6.45) is 1.74. The molecular formula is C18H18F3N5O. The zero-order chi connectivity index (χ0) is 19.4. The normalized spacial score (nSPS) is 14.9. The number of nitrogens with two attached hydrogens (primary N) is 1. The summed E-state index contributed by atoms with van der Waals surface area (Å²) in [4.78, 5) is 16.0. The quantitative estimate of drug-likeness (QED) is 0.638. The highest BCUT2D eigenvalue weighted by atomic mass is 19.3. The average molecular weight is 377 g/mol. The summed E-state index contributed by atoms with van der Waals surface area (Å²) in [5.74, 6) is -0.276. The fraction of sp³-hybridized carbons (Fsp3) is 0.278. The number of carbonyl (C=O) groups is 1. The molecule has 9 heteroatoms. The maximum absolute atomic E-state index is 13.4. The molecule has 3 rings (SSSR count). The Balaban J connectivity index is 1.61. The Bertz CT molecular complexity index is 887. The second-order valence-corrected chi connectivity index (χ2v) is 6.25. The lowest BCUT2D eigenvalue weighted by molar-refractivity contribution is -0.115. The van der Waals surface area contributed by atoms with Gasteiger partial charge in [-0.05, 0) is 42.8 Å². The van der Waals surface area contributed by atoms with E-state index in [1.807, 2.05) is 0 Å². The zero-order valence-electron chi connectivity index (χ0n) is 14.3. The number of halogens is 3. The van der Waals surface area contributed by atoms with E-state index >= 15 is 0 Å². The summed E-state index contributed by atoms with van der Waals surface area (Å²) in [5.41, 5.74) is 6.36. The lowest BCUT2D eigenvalue weighted by atomic mass is 10.2. The largest absolute Gasteiger partial charge is 0.404 e. The van der Waals surface area contributed by atoms with E-state index in [2.05, 4.69) is 20.5 Å². The Hall–Kier alpha value is -3.10. The van der Waals surface area contributed by atoms with Crippen LogP contribution in [0, 0.1) is 5.82 Å². The molecule has 0 saturated heterocycles. The molecule has 142 valence electrons. The van der Waals surface area contributed by atoms with Crippen molar-refractivity contribution in [3.8, 4) is 0 Å². The number of aromatic amines is 1. The number of nitrogens with zero attached hydrogens (tertiary/aromatic N) is 2. The lowest BCUT2D eigenvalue weighted by Crippen LogP contribution is -2.13. The third-order valence-corrected chi connectivity index (χ3v) is 4.00. The summed E-state index contributed by atoms with van der Waals surface area (Å²) < 4.78 is 38.8. The summed E-state index contributed by atoms with van der Waals surface area (Å²) >= 11 is 0. The molecule has 2 aromatic rings. The predicted molar refractivity (Wildman–Crippen MR) is 95.6 cm³/mol. The summed E-state index contributed by atoms with van der Waals surface area (Å²) in [5, 5.41) is 9.55. The van der Waals surface area contributed by atoms with E-state index in [1.165, 1.54) is 12.4 Å². The average Bonchev–Trinajstić information content (AvgIpc) is 3.38. The van der Waals surface area contributed by atoms with Crippen LogP contribution in [0.15, 0.2) is 41.0 Å². The maximum atomic E-state index is 13.4. The number of carbonyl (C=O) groups excluding carboxylic acids is 1. The second kappa shape index (κ2) is 8.07. The minimum atomic E-state index is -2.81. The molecule has 0 spiro atoms. The number of amides is 1. The number of rotatable bonds is 7. The molecule has 27 heavy (non-hydrogen) atoms. The second-order valence-electron chi connectivity index (χ2n) is 6.25. The van der Waals surface area contributed by atoms with Gasteiger partial charge in [-0.1, -0.05) is 0 Å². The molecule has 1 aromatic carbocycles. The van der Waals surface area contributed by atoms with Gasteiger partial charge in [-0.3, -0.25) is 14.9 Å². The van der Waals surface area contributed by atoms with Gasteiger partial charge in [0.25, 0.3) is 6.43 Å². The van der Waals surface area contributed by atoms with Crippen molar-refractivity contribution in [2.75, 3.05) is 5.32 Å². The van der Waals surface area contributed by atoms with E-state index in [0.717, 1.165) is 36.7 Å². The van der Waals surface area contributed by atoms with Gasteiger partial charge in [0.05, 0.1) is 12.1 Å². The number of alkyl halides is 2. The Morgan fingerprint density at radius 1 is 1.37 bits per heavy atom. The summed E-state index contributed by atoms with van der Waals surface area (Å²) in [6, 6.07) is 4.62. The van der Waals surface area contributed by atoms with E-state index < -0.39 is 17.8 Å². The first kappa shape index (κ1) is 18.7. The highest BCUT2D eigenvalue weighted by Crippen LogP contribution is 2.39. The molecule has 4 N–H and O–H groups in total. The molecule has 0 radical (unpaired) electrons. The molecule has 0 unspecified atom stereocenters. The van der Waals surface area contributed by atoms with Crippen LogP contribution < -0.4 is 11.1 Å². The number of aromatic nitrogens is 2. The van der Waals surface area contributed by atoms with Crippen LogP contribution in [0.1, 0.15) is 42.9 Å². The Kier molecular flexibility index (Phi) is 5.58. The number of nitrogens with one attached hydrogen (secondary N) is 2. The van der Waals surface area contributed by atoms with E-state index in [-0.39, 0.29) is 18.0 Å². The van der Waals surface area contributed by atoms with Crippen LogP contribution in [0.25, 0.3) is 0 Å². The molecule has 1 aromatic heterocycles. The van der Waals surface area contributed by atoms with E-state index in [4.69, 9.17) is 5.73 Å². The topological polar surface area (TPSA) is 96.2 Å². The third kappa shape index (κ3) is 5.19. The number of benzene rings is 1. The van der Waals surface area contributed by atoms with Gasteiger partial charge < -0.3 is 11.1 Å². The van der Waals surface area contributed by atoms with Gasteiger partial charge in [-0.2, -0.15) is 5.10 Å². The van der Waals surface area contributed by atoms with Crippen molar-refractivity contribution in [3.63, 3.8) is 0 Å². The van der Waals surface area contributed by atoms with Crippen LogP contribution in [0.2, 0.25) is 0 Å². The van der Waals surface area contributed by atoms with Crippen LogP contribution >= 0.6 is 0 Å². The first-order valence-corrected chi connectivity index (χ1v) is 8.33. The van der Waals surface area contributed by atoms with Crippen LogP contribution in [-0.2, 0) is 4.79 Å². The Morgan fingerprint density at radius 3 is 2.81 bits per heavy atom. The van der Waals surface area contributed by atoms with Crippen molar-refractivity contribution in [1.29, 1.82) is 0 Å². The molecule has 1 fully saturated rings. The monoisotopic (exact) mass is 377 g/mol. The molecular weight excluding hydrogens is 359 g/mol. The lowest BCUT2D eigenvalue weighted by Gasteiger charge is -2.04.